The smallest absolute Gasteiger partial charge is 0.853 e. The van der Waals surface area contributed by atoms with Gasteiger partial charge in [-0.3, -0.25) is 0 Å². The summed E-state index contributed by atoms with van der Waals surface area (Å²) in [6, 6.07) is -0.514. The van der Waals surface area contributed by atoms with Crippen LogP contribution in [0.15, 0.2) is 0 Å². The second-order valence-electron chi connectivity index (χ2n) is 2.30. The molecule has 1 unspecified atom stereocenters. The Bertz CT molecular complexity index is 112. The van der Waals surface area contributed by atoms with E-state index in [-0.39, 0.29) is 64.4 Å². The molecule has 1 heterocycles. The van der Waals surface area contributed by atoms with Gasteiger partial charge in [-0.1, -0.05) is 0 Å². The summed E-state index contributed by atoms with van der Waals surface area (Å²) < 4.78 is 24.4. The first kappa shape index (κ1) is 11.4. The molecule has 0 aromatic heterocycles. The number of alkyl halides is 2. The van der Waals surface area contributed by atoms with Crippen molar-refractivity contribution < 1.29 is 65.3 Å². The minimum Gasteiger partial charge on any atom is -0.853 e. The van der Waals surface area contributed by atoms with E-state index in [4.69, 9.17) is 0 Å². The van der Waals surface area contributed by atoms with Gasteiger partial charge in [-0.25, -0.2) is 8.78 Å². The van der Waals surface area contributed by atoms with Crippen LogP contribution in [-0.2, 0) is 0 Å². The minimum atomic E-state index is -2.64. The Hall–Kier alpha value is 1.42. The Morgan fingerprint density at radius 2 is 2.20 bits per heavy atom. The third kappa shape index (κ3) is 3.21. The zero-order valence-corrected chi connectivity index (χ0v) is 8.99. The van der Waals surface area contributed by atoms with E-state index in [1.807, 2.05) is 0 Å². The fourth-order valence-corrected chi connectivity index (χ4v) is 0.916. The summed E-state index contributed by atoms with van der Waals surface area (Å²) in [5, 5.41) is 12.5. The maximum absolute atomic E-state index is 12.2. The summed E-state index contributed by atoms with van der Waals surface area (Å²) >= 11 is 0. The van der Waals surface area contributed by atoms with Crippen molar-refractivity contribution in [2.24, 2.45) is 0 Å². The Kier molecular flexibility index (Phi) is 5.07. The molecular formula is C5H8F2KNO. The van der Waals surface area contributed by atoms with Gasteiger partial charge in [-0.05, 0) is 6.04 Å². The normalized spacial score (nSPS) is 29.7. The van der Waals surface area contributed by atoms with Crippen molar-refractivity contribution in [3.63, 3.8) is 0 Å². The number of rotatable bonds is 1. The average Bonchev–Trinajstić information content (AvgIpc) is 2.10. The van der Waals surface area contributed by atoms with E-state index in [1.54, 1.807) is 0 Å². The van der Waals surface area contributed by atoms with Crippen LogP contribution < -0.4 is 61.8 Å². The average molecular weight is 175 g/mol. The maximum Gasteiger partial charge on any atom is 1.00 e. The summed E-state index contributed by atoms with van der Waals surface area (Å²) in [6.07, 6.45) is -0.295. The quantitative estimate of drug-likeness (QED) is 0.417. The van der Waals surface area contributed by atoms with Gasteiger partial charge >= 0.3 is 51.4 Å². The van der Waals surface area contributed by atoms with E-state index in [1.165, 1.54) is 0 Å². The standard InChI is InChI=1S/C5H8F2NO.K/c6-5(7)1-4(2-9)8-3-5;/h4,8H,1-3H2;/q-1;+1. The van der Waals surface area contributed by atoms with Crippen LogP contribution in [0, 0.1) is 0 Å². The van der Waals surface area contributed by atoms with E-state index in [0.29, 0.717) is 0 Å². The summed E-state index contributed by atoms with van der Waals surface area (Å²) in [6.45, 7) is -0.782. The van der Waals surface area contributed by atoms with E-state index in [9.17, 15) is 13.9 Å². The van der Waals surface area contributed by atoms with Crippen molar-refractivity contribution >= 4 is 0 Å². The van der Waals surface area contributed by atoms with Crippen LogP contribution in [0.5, 0.6) is 0 Å². The fourth-order valence-electron chi connectivity index (χ4n) is 0.916. The third-order valence-electron chi connectivity index (χ3n) is 1.40. The van der Waals surface area contributed by atoms with Gasteiger partial charge in [0.2, 0.25) is 0 Å². The number of hydrogen-bond acceptors (Lipinski definition) is 2. The van der Waals surface area contributed by atoms with Crippen molar-refractivity contribution in [2.45, 2.75) is 18.4 Å². The molecule has 0 saturated carbocycles. The largest absolute Gasteiger partial charge is 1.00 e. The van der Waals surface area contributed by atoms with Crippen LogP contribution in [0.2, 0.25) is 0 Å². The van der Waals surface area contributed by atoms with E-state index < -0.39 is 18.6 Å². The SMILES string of the molecule is [K+].[O-]CC1CC(F)(F)CN1. The van der Waals surface area contributed by atoms with Gasteiger partial charge in [-0.2, -0.15) is 0 Å². The van der Waals surface area contributed by atoms with Crippen molar-refractivity contribution in [3.8, 4) is 0 Å². The summed E-state index contributed by atoms with van der Waals surface area (Å²) in [5.41, 5.74) is 0. The molecule has 0 spiro atoms. The van der Waals surface area contributed by atoms with Crippen LogP contribution in [-0.4, -0.2) is 25.1 Å². The van der Waals surface area contributed by atoms with Gasteiger partial charge in [-0.15, -0.1) is 6.61 Å². The molecule has 0 aromatic rings. The molecule has 1 fully saturated rings. The monoisotopic (exact) mass is 175 g/mol. The number of nitrogens with one attached hydrogen (secondary N) is 1. The summed E-state index contributed by atoms with van der Waals surface area (Å²) in [7, 11) is 0. The molecule has 1 rings (SSSR count). The van der Waals surface area contributed by atoms with Crippen LogP contribution in [0.4, 0.5) is 8.78 Å². The minimum absolute atomic E-state index is 0. The van der Waals surface area contributed by atoms with Crippen LogP contribution in [0.1, 0.15) is 6.42 Å². The van der Waals surface area contributed by atoms with Gasteiger partial charge in [0.25, 0.3) is 5.92 Å². The molecule has 0 radical (unpaired) electrons. The van der Waals surface area contributed by atoms with Crippen LogP contribution >= 0.6 is 0 Å². The van der Waals surface area contributed by atoms with E-state index in [2.05, 4.69) is 5.32 Å². The molecule has 10 heavy (non-hydrogen) atoms. The second kappa shape index (κ2) is 4.44. The Morgan fingerprint density at radius 1 is 1.60 bits per heavy atom. The van der Waals surface area contributed by atoms with Gasteiger partial charge in [0, 0.05) is 6.42 Å². The molecule has 2 nitrogen and oxygen atoms in total. The molecule has 1 atom stereocenters. The molecule has 0 bridgehead atoms. The Balaban J connectivity index is 0.000000810. The molecule has 0 aromatic carbocycles. The first-order chi connectivity index (χ1) is 4.14. The van der Waals surface area contributed by atoms with E-state index in [0.717, 1.165) is 0 Å². The van der Waals surface area contributed by atoms with E-state index >= 15 is 0 Å². The first-order valence-electron chi connectivity index (χ1n) is 2.83. The van der Waals surface area contributed by atoms with Crippen molar-refractivity contribution in [3.05, 3.63) is 0 Å². The van der Waals surface area contributed by atoms with Crippen molar-refractivity contribution in [1.29, 1.82) is 0 Å². The van der Waals surface area contributed by atoms with Gasteiger partial charge in [0.05, 0.1) is 6.54 Å². The van der Waals surface area contributed by atoms with Crippen LogP contribution in [0.25, 0.3) is 0 Å². The molecular weight excluding hydrogens is 167 g/mol. The summed E-state index contributed by atoms with van der Waals surface area (Å²) in [4.78, 5) is 0. The Labute approximate surface area is 101 Å². The molecule has 1 saturated heterocycles. The Morgan fingerprint density at radius 3 is 2.40 bits per heavy atom. The summed E-state index contributed by atoms with van der Waals surface area (Å²) in [5.74, 6) is -2.64. The van der Waals surface area contributed by atoms with Crippen molar-refractivity contribution in [1.82, 2.24) is 5.32 Å². The van der Waals surface area contributed by atoms with Crippen LogP contribution in [0.3, 0.4) is 0 Å². The van der Waals surface area contributed by atoms with Gasteiger partial charge in [0.1, 0.15) is 0 Å². The molecule has 1 aliphatic rings. The molecule has 0 amide bonds. The zero-order valence-electron chi connectivity index (χ0n) is 5.86. The fraction of sp³-hybridized carbons (Fsp3) is 1.00. The predicted octanol–water partition coefficient (Wildman–Crippen LogP) is -3.65. The first-order valence-corrected chi connectivity index (χ1v) is 2.83. The topological polar surface area (TPSA) is 35.1 Å². The number of halogens is 2. The van der Waals surface area contributed by atoms with Gasteiger partial charge < -0.3 is 10.4 Å². The second-order valence-corrected chi connectivity index (χ2v) is 2.30. The molecule has 0 aliphatic carbocycles. The molecule has 54 valence electrons. The van der Waals surface area contributed by atoms with Crippen molar-refractivity contribution in [2.75, 3.05) is 13.2 Å². The zero-order chi connectivity index (χ0) is 6.91. The predicted molar refractivity (Wildman–Crippen MR) is 26.2 cm³/mol. The molecule has 1 N–H and O–H groups in total. The molecule has 5 heteroatoms. The van der Waals surface area contributed by atoms with Gasteiger partial charge in [0.15, 0.2) is 0 Å². The maximum atomic E-state index is 12.2. The third-order valence-corrected chi connectivity index (χ3v) is 1.40. The number of hydrogen-bond donors (Lipinski definition) is 1. The molecule has 1 aliphatic heterocycles.